The van der Waals surface area contributed by atoms with Crippen LogP contribution in [0.4, 0.5) is 0 Å². The second-order valence-corrected chi connectivity index (χ2v) is 1.84. The standard InChI is InChI=1S/C5H6N2O3/c1-2(6)3-4(8)7-10-5(3)9/h6,9H,1H3,(H,7,8). The second-order valence-electron chi connectivity index (χ2n) is 1.84. The average Bonchev–Trinajstić information content (AvgIpc) is 2.11. The molecule has 0 aromatic carbocycles. The fraction of sp³-hybridized carbons (Fsp3) is 0.200. The summed E-state index contributed by atoms with van der Waals surface area (Å²) in [5, 5.41) is 17.7. The lowest BCUT2D eigenvalue weighted by Crippen LogP contribution is -2.08. The summed E-state index contributed by atoms with van der Waals surface area (Å²) < 4.78 is 4.23. The number of hydrogen-bond donors (Lipinski definition) is 3. The van der Waals surface area contributed by atoms with Crippen LogP contribution in [0.2, 0.25) is 0 Å². The molecule has 0 fully saturated rings. The summed E-state index contributed by atoms with van der Waals surface area (Å²) in [6.07, 6.45) is 0. The zero-order valence-electron chi connectivity index (χ0n) is 5.26. The largest absolute Gasteiger partial charge is 0.479 e. The van der Waals surface area contributed by atoms with Gasteiger partial charge in [-0.3, -0.25) is 4.79 Å². The van der Waals surface area contributed by atoms with Crippen molar-refractivity contribution in [3.63, 3.8) is 0 Å². The minimum atomic E-state index is -0.579. The van der Waals surface area contributed by atoms with Crippen LogP contribution in [0, 0.1) is 5.41 Å². The molecule has 1 rings (SSSR count). The van der Waals surface area contributed by atoms with Crippen molar-refractivity contribution in [1.29, 1.82) is 5.41 Å². The molecule has 5 heteroatoms. The molecule has 0 spiro atoms. The van der Waals surface area contributed by atoms with E-state index in [1.807, 2.05) is 5.16 Å². The molecule has 1 heterocycles. The van der Waals surface area contributed by atoms with Gasteiger partial charge in [0, 0.05) is 5.71 Å². The number of H-pyrrole nitrogens is 1. The molecular weight excluding hydrogens is 136 g/mol. The Morgan fingerprint density at radius 1 is 1.80 bits per heavy atom. The number of aromatic nitrogens is 1. The minimum absolute atomic E-state index is 0.0208. The molecule has 10 heavy (non-hydrogen) atoms. The first-order chi connectivity index (χ1) is 4.63. The highest BCUT2D eigenvalue weighted by molar-refractivity contribution is 5.97. The van der Waals surface area contributed by atoms with E-state index in [0.29, 0.717) is 0 Å². The third kappa shape index (κ3) is 0.812. The zero-order valence-corrected chi connectivity index (χ0v) is 5.26. The Hall–Kier alpha value is -1.52. The van der Waals surface area contributed by atoms with Crippen LogP contribution in [0.3, 0.4) is 0 Å². The Balaban J connectivity index is 3.37. The van der Waals surface area contributed by atoms with Crippen molar-refractivity contribution in [3.8, 4) is 5.95 Å². The van der Waals surface area contributed by atoms with Crippen LogP contribution in [0.5, 0.6) is 5.95 Å². The third-order valence-corrected chi connectivity index (χ3v) is 1.06. The van der Waals surface area contributed by atoms with Gasteiger partial charge in [-0.1, -0.05) is 0 Å². The average molecular weight is 142 g/mol. The Bertz CT molecular complexity index is 309. The number of aromatic hydroxyl groups is 1. The molecule has 0 aliphatic rings. The monoisotopic (exact) mass is 142 g/mol. The van der Waals surface area contributed by atoms with Gasteiger partial charge in [-0.2, -0.15) is 5.16 Å². The summed E-state index contributed by atoms with van der Waals surface area (Å²) in [7, 11) is 0. The van der Waals surface area contributed by atoms with Crippen molar-refractivity contribution in [3.05, 3.63) is 15.9 Å². The predicted molar refractivity (Wildman–Crippen MR) is 33.5 cm³/mol. The maximum Gasteiger partial charge on any atom is 0.319 e. The normalized spacial score (nSPS) is 9.70. The molecule has 1 aromatic rings. The molecule has 54 valence electrons. The summed E-state index contributed by atoms with van der Waals surface area (Å²) in [5.41, 5.74) is -0.711. The van der Waals surface area contributed by atoms with Crippen LogP contribution < -0.4 is 5.56 Å². The zero-order chi connectivity index (χ0) is 7.72. The first-order valence-electron chi connectivity index (χ1n) is 2.59. The maximum atomic E-state index is 10.6. The van der Waals surface area contributed by atoms with Crippen molar-refractivity contribution in [1.82, 2.24) is 5.16 Å². The molecule has 0 radical (unpaired) electrons. The van der Waals surface area contributed by atoms with E-state index >= 15 is 0 Å². The number of rotatable bonds is 1. The molecule has 0 aliphatic carbocycles. The van der Waals surface area contributed by atoms with E-state index in [4.69, 9.17) is 10.5 Å². The van der Waals surface area contributed by atoms with Gasteiger partial charge in [-0.25, -0.2) is 0 Å². The minimum Gasteiger partial charge on any atom is -0.479 e. The van der Waals surface area contributed by atoms with Crippen LogP contribution in [0.25, 0.3) is 0 Å². The summed E-state index contributed by atoms with van der Waals surface area (Å²) in [4.78, 5) is 10.6. The van der Waals surface area contributed by atoms with E-state index in [9.17, 15) is 4.79 Å². The summed E-state index contributed by atoms with van der Waals surface area (Å²) in [6, 6.07) is 0. The van der Waals surface area contributed by atoms with E-state index < -0.39 is 11.5 Å². The summed E-state index contributed by atoms with van der Waals surface area (Å²) in [5.74, 6) is -0.530. The van der Waals surface area contributed by atoms with Gasteiger partial charge in [0.05, 0.1) is 0 Å². The van der Waals surface area contributed by atoms with Crippen LogP contribution >= 0.6 is 0 Å². The van der Waals surface area contributed by atoms with E-state index in [2.05, 4.69) is 4.52 Å². The molecule has 0 atom stereocenters. The molecule has 1 aromatic heterocycles. The van der Waals surface area contributed by atoms with E-state index in [1.165, 1.54) is 6.92 Å². The van der Waals surface area contributed by atoms with Gasteiger partial charge < -0.3 is 15.0 Å². The van der Waals surface area contributed by atoms with Crippen molar-refractivity contribution in [2.75, 3.05) is 0 Å². The predicted octanol–water partition coefficient (Wildman–Crippen LogP) is 0.0613. The van der Waals surface area contributed by atoms with Gasteiger partial charge >= 0.3 is 5.95 Å². The number of hydrogen-bond acceptors (Lipinski definition) is 4. The van der Waals surface area contributed by atoms with E-state index in [-0.39, 0.29) is 11.3 Å². The molecule has 5 nitrogen and oxygen atoms in total. The second kappa shape index (κ2) is 2.02. The molecule has 0 aliphatic heterocycles. The first-order valence-corrected chi connectivity index (χ1v) is 2.59. The highest BCUT2D eigenvalue weighted by Crippen LogP contribution is 2.09. The molecular formula is C5H6N2O3. The maximum absolute atomic E-state index is 10.6. The highest BCUT2D eigenvalue weighted by atomic mass is 16.6. The van der Waals surface area contributed by atoms with Gasteiger partial charge in [0.15, 0.2) is 0 Å². The van der Waals surface area contributed by atoms with Crippen LogP contribution in [-0.2, 0) is 0 Å². The van der Waals surface area contributed by atoms with Gasteiger partial charge in [0.2, 0.25) is 0 Å². The smallest absolute Gasteiger partial charge is 0.319 e. The van der Waals surface area contributed by atoms with Crippen molar-refractivity contribution in [2.45, 2.75) is 6.92 Å². The van der Waals surface area contributed by atoms with Gasteiger partial charge in [0.25, 0.3) is 5.56 Å². The number of nitrogens with one attached hydrogen (secondary N) is 2. The topological polar surface area (TPSA) is 90.1 Å². The SMILES string of the molecule is CC(=N)c1c(O)o[nH]c1=O. The summed E-state index contributed by atoms with van der Waals surface area (Å²) >= 11 is 0. The van der Waals surface area contributed by atoms with Gasteiger partial charge in [-0.05, 0) is 6.92 Å². The van der Waals surface area contributed by atoms with Crippen LogP contribution in [-0.4, -0.2) is 16.0 Å². The fourth-order valence-corrected chi connectivity index (χ4v) is 0.625. The molecule has 0 saturated heterocycles. The van der Waals surface area contributed by atoms with Crippen molar-refractivity contribution >= 4 is 5.71 Å². The molecule has 0 amide bonds. The van der Waals surface area contributed by atoms with Crippen molar-refractivity contribution < 1.29 is 9.63 Å². The van der Waals surface area contributed by atoms with Crippen LogP contribution in [0.1, 0.15) is 12.5 Å². The van der Waals surface area contributed by atoms with Crippen LogP contribution in [0.15, 0.2) is 9.32 Å². The van der Waals surface area contributed by atoms with Gasteiger partial charge in [-0.15, -0.1) is 0 Å². The van der Waals surface area contributed by atoms with Gasteiger partial charge in [0.1, 0.15) is 5.56 Å². The molecule has 0 unspecified atom stereocenters. The Morgan fingerprint density at radius 2 is 2.40 bits per heavy atom. The fourth-order valence-electron chi connectivity index (χ4n) is 0.625. The molecule has 0 bridgehead atoms. The third-order valence-electron chi connectivity index (χ3n) is 1.06. The lowest BCUT2D eigenvalue weighted by molar-refractivity contribution is 0.276. The van der Waals surface area contributed by atoms with E-state index in [0.717, 1.165) is 0 Å². The van der Waals surface area contributed by atoms with E-state index in [1.54, 1.807) is 0 Å². The summed E-state index contributed by atoms with van der Waals surface area (Å²) in [6.45, 7) is 1.39. The quantitative estimate of drug-likeness (QED) is 0.484. The lowest BCUT2D eigenvalue weighted by atomic mass is 10.2. The Labute approximate surface area is 55.8 Å². The lowest BCUT2D eigenvalue weighted by Gasteiger charge is -1.85. The highest BCUT2D eigenvalue weighted by Gasteiger charge is 2.12. The first kappa shape index (κ1) is 6.60. The Morgan fingerprint density at radius 3 is 2.60 bits per heavy atom. The van der Waals surface area contributed by atoms with Crippen molar-refractivity contribution in [2.24, 2.45) is 0 Å². The molecule has 0 saturated carbocycles. The Kier molecular flexibility index (Phi) is 1.33. The number of aromatic amines is 1. The molecule has 3 N–H and O–H groups in total.